The van der Waals surface area contributed by atoms with Gasteiger partial charge in [-0.1, -0.05) is 11.8 Å². The fourth-order valence-electron chi connectivity index (χ4n) is 1.90. The summed E-state index contributed by atoms with van der Waals surface area (Å²) in [5, 5.41) is 10.9. The molecular formula is C11H14NNaO5S. The van der Waals surface area contributed by atoms with E-state index in [0.29, 0.717) is 17.9 Å². The summed E-state index contributed by atoms with van der Waals surface area (Å²) >= 11 is 1.34. The monoisotopic (exact) mass is 295 g/mol. The summed E-state index contributed by atoms with van der Waals surface area (Å²) < 4.78 is 10.6. The van der Waals surface area contributed by atoms with E-state index in [1.165, 1.54) is 16.7 Å². The average molecular weight is 295 g/mol. The Morgan fingerprint density at radius 3 is 2.79 bits per heavy atom. The summed E-state index contributed by atoms with van der Waals surface area (Å²) in [5.74, 6) is -1.51. The summed E-state index contributed by atoms with van der Waals surface area (Å²) in [7, 11) is 0. The first-order chi connectivity index (χ1) is 8.54. The second-order valence-electron chi connectivity index (χ2n) is 3.93. The van der Waals surface area contributed by atoms with Gasteiger partial charge in [0, 0.05) is 11.5 Å². The SMILES string of the molecule is CCOC(C)OCC1=C(C(=O)[O-])N2C(=O)C[C@H]2S1.[Na+]. The Balaban J connectivity index is 0.00000180. The van der Waals surface area contributed by atoms with Crippen LogP contribution in [0.1, 0.15) is 20.3 Å². The minimum Gasteiger partial charge on any atom is -0.543 e. The van der Waals surface area contributed by atoms with Crippen LogP contribution in [-0.2, 0) is 19.1 Å². The first-order valence-electron chi connectivity index (χ1n) is 5.71. The fraction of sp³-hybridized carbons (Fsp3) is 0.636. The third-order valence-corrected chi connectivity index (χ3v) is 3.98. The van der Waals surface area contributed by atoms with E-state index in [1.54, 1.807) is 6.92 Å². The van der Waals surface area contributed by atoms with Crippen molar-refractivity contribution in [2.45, 2.75) is 31.9 Å². The van der Waals surface area contributed by atoms with Crippen molar-refractivity contribution in [1.82, 2.24) is 4.90 Å². The molecule has 1 saturated heterocycles. The molecule has 0 saturated carbocycles. The molecule has 19 heavy (non-hydrogen) atoms. The molecule has 0 aromatic rings. The van der Waals surface area contributed by atoms with Crippen LogP contribution in [0.2, 0.25) is 0 Å². The number of amides is 1. The largest absolute Gasteiger partial charge is 1.00 e. The van der Waals surface area contributed by atoms with Crippen LogP contribution in [0.15, 0.2) is 10.6 Å². The zero-order chi connectivity index (χ0) is 13.3. The molecule has 100 valence electrons. The number of fused-ring (bicyclic) bond motifs is 1. The Kier molecular flexibility index (Phi) is 6.35. The number of hydrogen-bond donors (Lipinski definition) is 0. The minimum absolute atomic E-state index is 0. The molecule has 0 aromatic carbocycles. The van der Waals surface area contributed by atoms with Crippen LogP contribution in [0, 0.1) is 0 Å². The van der Waals surface area contributed by atoms with Gasteiger partial charge in [-0.15, -0.1) is 0 Å². The van der Waals surface area contributed by atoms with Crippen molar-refractivity contribution in [3.63, 3.8) is 0 Å². The molecule has 0 bridgehead atoms. The standard InChI is InChI=1S/C11H15NO5S.Na/c1-3-16-6(2)17-5-7-10(11(14)15)12-8(13)4-9(12)18-7;/h6,9H,3-5H2,1-2H3,(H,14,15);/q;+1/p-1/t6?,9-;/m1./s1. The van der Waals surface area contributed by atoms with Gasteiger partial charge in [0.15, 0.2) is 6.29 Å². The molecule has 1 unspecified atom stereocenters. The molecule has 8 heteroatoms. The summed E-state index contributed by atoms with van der Waals surface area (Å²) in [6, 6.07) is 0. The van der Waals surface area contributed by atoms with Crippen molar-refractivity contribution in [2.24, 2.45) is 0 Å². The Bertz CT molecular complexity index is 414. The van der Waals surface area contributed by atoms with Crippen LogP contribution in [0.3, 0.4) is 0 Å². The van der Waals surface area contributed by atoms with E-state index in [0.717, 1.165) is 0 Å². The van der Waals surface area contributed by atoms with Crippen molar-refractivity contribution in [2.75, 3.05) is 13.2 Å². The number of aliphatic carboxylic acids is 1. The van der Waals surface area contributed by atoms with Crippen molar-refractivity contribution in [1.29, 1.82) is 0 Å². The number of carboxylic acids is 1. The topological polar surface area (TPSA) is 78.9 Å². The van der Waals surface area contributed by atoms with Gasteiger partial charge >= 0.3 is 29.6 Å². The Morgan fingerprint density at radius 1 is 1.58 bits per heavy atom. The van der Waals surface area contributed by atoms with Gasteiger partial charge in [0.2, 0.25) is 5.91 Å². The molecule has 2 aliphatic rings. The van der Waals surface area contributed by atoms with Gasteiger partial charge in [-0.3, -0.25) is 9.69 Å². The smallest absolute Gasteiger partial charge is 0.543 e. The molecule has 6 nitrogen and oxygen atoms in total. The number of rotatable bonds is 6. The molecule has 2 heterocycles. The average Bonchev–Trinajstić information content (AvgIpc) is 2.59. The van der Waals surface area contributed by atoms with Gasteiger partial charge in [0.25, 0.3) is 0 Å². The number of thioether (sulfide) groups is 1. The van der Waals surface area contributed by atoms with Crippen LogP contribution in [0.25, 0.3) is 0 Å². The van der Waals surface area contributed by atoms with Crippen molar-refractivity contribution >= 4 is 23.6 Å². The van der Waals surface area contributed by atoms with E-state index >= 15 is 0 Å². The molecule has 0 N–H and O–H groups in total. The van der Waals surface area contributed by atoms with E-state index in [1.807, 2.05) is 6.92 Å². The second kappa shape index (κ2) is 7.10. The molecule has 0 aliphatic carbocycles. The number of carboxylic acid groups (broad SMARTS) is 1. The van der Waals surface area contributed by atoms with Gasteiger partial charge in [0.1, 0.15) is 0 Å². The van der Waals surface area contributed by atoms with Crippen LogP contribution < -0.4 is 34.7 Å². The molecule has 2 atom stereocenters. The van der Waals surface area contributed by atoms with Crippen molar-refractivity contribution in [3.05, 3.63) is 10.6 Å². The fourth-order valence-corrected chi connectivity index (χ4v) is 3.21. The summed E-state index contributed by atoms with van der Waals surface area (Å²) in [6.45, 7) is 4.23. The zero-order valence-electron chi connectivity index (χ0n) is 11.2. The number of hydrogen-bond acceptors (Lipinski definition) is 6. The molecule has 2 aliphatic heterocycles. The van der Waals surface area contributed by atoms with Crippen molar-refractivity contribution in [3.8, 4) is 0 Å². The van der Waals surface area contributed by atoms with Crippen LogP contribution in [-0.4, -0.2) is 41.7 Å². The normalized spacial score (nSPS) is 22.7. The Hall–Kier alpha value is -0.0500. The molecule has 1 amide bonds. The number of ether oxygens (including phenoxy) is 2. The molecule has 1 fully saturated rings. The number of nitrogens with zero attached hydrogens (tertiary/aromatic N) is 1. The first kappa shape index (κ1) is 17.0. The van der Waals surface area contributed by atoms with Gasteiger partial charge in [-0.25, -0.2) is 0 Å². The molecule has 0 radical (unpaired) electrons. The number of β-lactam (4-membered cyclic amide) rings is 1. The maximum absolute atomic E-state index is 11.3. The van der Waals surface area contributed by atoms with Crippen LogP contribution in [0.5, 0.6) is 0 Å². The third-order valence-electron chi connectivity index (χ3n) is 2.73. The molecular weight excluding hydrogens is 281 g/mol. The van der Waals surface area contributed by atoms with E-state index in [4.69, 9.17) is 9.47 Å². The van der Waals surface area contributed by atoms with Gasteiger partial charge in [-0.2, -0.15) is 0 Å². The zero-order valence-corrected chi connectivity index (χ0v) is 14.0. The Morgan fingerprint density at radius 2 is 2.26 bits per heavy atom. The van der Waals surface area contributed by atoms with E-state index < -0.39 is 12.3 Å². The van der Waals surface area contributed by atoms with Gasteiger partial charge in [-0.05, 0) is 13.8 Å². The molecule has 0 aromatic heterocycles. The van der Waals surface area contributed by atoms with Crippen molar-refractivity contribution < 1.29 is 53.7 Å². The maximum atomic E-state index is 11.3. The van der Waals surface area contributed by atoms with Gasteiger partial charge < -0.3 is 19.4 Å². The van der Waals surface area contributed by atoms with E-state index in [2.05, 4.69) is 0 Å². The quantitative estimate of drug-likeness (QED) is 0.289. The third kappa shape index (κ3) is 3.53. The summed E-state index contributed by atoms with van der Waals surface area (Å²) in [5.41, 5.74) is -0.0510. The summed E-state index contributed by atoms with van der Waals surface area (Å²) in [6.07, 6.45) is -0.0403. The predicted molar refractivity (Wildman–Crippen MR) is 61.9 cm³/mol. The second-order valence-corrected chi connectivity index (χ2v) is 5.21. The molecule has 2 rings (SSSR count). The molecule has 0 spiro atoms. The number of carbonyl (C=O) groups is 2. The van der Waals surface area contributed by atoms with E-state index in [9.17, 15) is 14.7 Å². The van der Waals surface area contributed by atoms with Gasteiger partial charge in [0.05, 0.1) is 30.1 Å². The van der Waals surface area contributed by atoms with Crippen LogP contribution in [0.4, 0.5) is 0 Å². The van der Waals surface area contributed by atoms with Crippen LogP contribution >= 0.6 is 11.8 Å². The number of carbonyl (C=O) groups excluding carboxylic acids is 2. The maximum Gasteiger partial charge on any atom is 1.00 e. The first-order valence-corrected chi connectivity index (χ1v) is 6.59. The van der Waals surface area contributed by atoms with E-state index in [-0.39, 0.29) is 53.1 Å². The summed E-state index contributed by atoms with van der Waals surface area (Å²) in [4.78, 5) is 24.2. The predicted octanol–water partition coefficient (Wildman–Crippen LogP) is -3.34. The Labute approximate surface area is 137 Å². The minimum atomic E-state index is -1.33.